The molecule has 2 rings (SSSR count). The van der Waals surface area contributed by atoms with Crippen molar-refractivity contribution in [1.82, 2.24) is 4.98 Å². The lowest BCUT2D eigenvalue weighted by molar-refractivity contribution is 1.27. The number of benzene rings is 1. The number of nitrogen functional groups attached to an aromatic ring is 3. The average Bonchev–Trinajstić information content (AvgIpc) is 2.31. The monoisotopic (exact) mass is 243 g/mol. The topological polar surface area (TPSA) is 103 Å². The van der Waals surface area contributed by atoms with E-state index < -0.39 is 0 Å². The molecule has 0 aliphatic rings. The van der Waals surface area contributed by atoms with Crippen LogP contribution in [0.5, 0.6) is 0 Å². The van der Waals surface area contributed by atoms with Crippen LogP contribution >= 0.6 is 0 Å². The van der Waals surface area contributed by atoms with Crippen molar-refractivity contribution in [2.75, 3.05) is 22.5 Å². The second-order valence-corrected chi connectivity index (χ2v) is 4.34. The quantitative estimate of drug-likeness (QED) is 0.605. The lowest BCUT2D eigenvalue weighted by atomic mass is 10.1. The molecule has 0 saturated carbocycles. The van der Waals surface area contributed by atoms with Gasteiger partial charge in [-0.05, 0) is 37.1 Å². The van der Waals surface area contributed by atoms with E-state index in [0.717, 1.165) is 22.5 Å². The first-order valence-corrected chi connectivity index (χ1v) is 5.61. The molecule has 18 heavy (non-hydrogen) atoms. The Bertz CT molecular complexity index is 592. The summed E-state index contributed by atoms with van der Waals surface area (Å²) >= 11 is 0. The van der Waals surface area contributed by atoms with Crippen LogP contribution < -0.4 is 22.5 Å². The fourth-order valence-corrected chi connectivity index (χ4v) is 1.75. The van der Waals surface area contributed by atoms with Gasteiger partial charge in [-0.3, -0.25) is 4.98 Å². The van der Waals surface area contributed by atoms with Crippen LogP contribution in [-0.4, -0.2) is 4.98 Å². The van der Waals surface area contributed by atoms with Crippen LogP contribution in [0.2, 0.25) is 0 Å². The van der Waals surface area contributed by atoms with E-state index in [1.165, 1.54) is 0 Å². The molecule has 0 bridgehead atoms. The lowest BCUT2D eigenvalue weighted by Crippen LogP contribution is -2.03. The molecule has 5 heteroatoms. The normalized spacial score (nSPS) is 10.3. The average molecular weight is 243 g/mol. The number of hydrogen-bond acceptors (Lipinski definition) is 5. The van der Waals surface area contributed by atoms with E-state index in [-0.39, 0.29) is 0 Å². The van der Waals surface area contributed by atoms with Gasteiger partial charge in [0, 0.05) is 11.9 Å². The number of rotatable bonds is 2. The first-order valence-electron chi connectivity index (χ1n) is 5.61. The van der Waals surface area contributed by atoms with Crippen LogP contribution in [0, 0.1) is 13.8 Å². The first kappa shape index (κ1) is 12.0. The second kappa shape index (κ2) is 4.44. The van der Waals surface area contributed by atoms with E-state index in [4.69, 9.17) is 17.2 Å². The number of nitrogens with two attached hydrogens (primary N) is 3. The molecule has 94 valence electrons. The van der Waals surface area contributed by atoms with Crippen LogP contribution in [0.4, 0.5) is 28.4 Å². The highest BCUT2D eigenvalue weighted by Gasteiger charge is 2.07. The number of aryl methyl sites for hydroxylation is 2. The Balaban J connectivity index is 2.43. The lowest BCUT2D eigenvalue weighted by Gasteiger charge is -2.14. The molecule has 0 atom stereocenters. The summed E-state index contributed by atoms with van der Waals surface area (Å²) in [6, 6.07) is 3.61. The van der Waals surface area contributed by atoms with Gasteiger partial charge in [0.1, 0.15) is 0 Å². The Morgan fingerprint density at radius 2 is 1.56 bits per heavy atom. The molecule has 2 aromatic rings. The fourth-order valence-electron chi connectivity index (χ4n) is 1.75. The molecule has 7 N–H and O–H groups in total. The van der Waals surface area contributed by atoms with E-state index in [2.05, 4.69) is 10.3 Å². The largest absolute Gasteiger partial charge is 0.399 e. The number of pyridine rings is 1. The highest BCUT2D eigenvalue weighted by Crippen LogP contribution is 2.31. The summed E-state index contributed by atoms with van der Waals surface area (Å²) in [5, 5.41) is 3.17. The molecule has 0 radical (unpaired) electrons. The highest BCUT2D eigenvalue weighted by atomic mass is 14.9. The zero-order valence-electron chi connectivity index (χ0n) is 10.5. The molecule has 0 saturated heterocycles. The zero-order chi connectivity index (χ0) is 13.3. The molecule has 1 aromatic heterocycles. The Kier molecular flexibility index (Phi) is 2.97. The van der Waals surface area contributed by atoms with Gasteiger partial charge in [0.15, 0.2) is 0 Å². The third kappa shape index (κ3) is 2.15. The first-order chi connectivity index (χ1) is 8.49. The molecule has 0 aliphatic heterocycles. The number of nitrogens with zero attached hydrogens (tertiary/aromatic N) is 1. The van der Waals surface area contributed by atoms with Crippen molar-refractivity contribution >= 4 is 28.4 Å². The van der Waals surface area contributed by atoms with Crippen molar-refractivity contribution < 1.29 is 0 Å². The summed E-state index contributed by atoms with van der Waals surface area (Å²) in [5.74, 6) is 0. The van der Waals surface area contributed by atoms with Gasteiger partial charge in [0.25, 0.3) is 0 Å². The minimum Gasteiger partial charge on any atom is -0.399 e. The van der Waals surface area contributed by atoms with Crippen LogP contribution in [0.25, 0.3) is 0 Å². The maximum atomic E-state index is 6.01. The summed E-state index contributed by atoms with van der Waals surface area (Å²) in [4.78, 5) is 4.10. The second-order valence-electron chi connectivity index (χ2n) is 4.34. The SMILES string of the molecule is Cc1cncc(Nc2cc(N)cc(C)c2N)c1N. The molecule has 0 aliphatic carbocycles. The Labute approximate surface area is 106 Å². The number of aromatic nitrogens is 1. The predicted octanol–water partition coefficient (Wildman–Crippen LogP) is 2.19. The van der Waals surface area contributed by atoms with Crippen molar-refractivity contribution in [3.63, 3.8) is 0 Å². The number of hydrogen-bond donors (Lipinski definition) is 4. The smallest absolute Gasteiger partial charge is 0.0807 e. The number of anilines is 5. The maximum Gasteiger partial charge on any atom is 0.0807 e. The van der Waals surface area contributed by atoms with Gasteiger partial charge in [-0.2, -0.15) is 0 Å². The van der Waals surface area contributed by atoms with Crippen LogP contribution in [-0.2, 0) is 0 Å². The third-order valence-electron chi connectivity index (χ3n) is 2.87. The summed E-state index contributed by atoms with van der Waals surface area (Å²) in [7, 11) is 0. The Morgan fingerprint density at radius 3 is 2.28 bits per heavy atom. The molecule has 0 amide bonds. The van der Waals surface area contributed by atoms with Gasteiger partial charge in [-0.25, -0.2) is 0 Å². The van der Waals surface area contributed by atoms with Gasteiger partial charge in [-0.1, -0.05) is 0 Å². The van der Waals surface area contributed by atoms with Crippen molar-refractivity contribution in [1.29, 1.82) is 0 Å². The van der Waals surface area contributed by atoms with Gasteiger partial charge in [0.05, 0.1) is 28.9 Å². The highest BCUT2D eigenvalue weighted by molar-refractivity contribution is 5.82. The van der Waals surface area contributed by atoms with E-state index >= 15 is 0 Å². The van der Waals surface area contributed by atoms with Crippen molar-refractivity contribution in [2.45, 2.75) is 13.8 Å². The summed E-state index contributed by atoms with van der Waals surface area (Å²) in [6.45, 7) is 3.82. The molecule has 5 nitrogen and oxygen atoms in total. The number of nitrogens with one attached hydrogen (secondary N) is 1. The minimum absolute atomic E-state index is 0.656. The van der Waals surface area contributed by atoms with Crippen molar-refractivity contribution in [2.24, 2.45) is 0 Å². The standard InChI is InChI=1S/C13H17N5/c1-7-3-9(14)4-10(12(7)15)18-11-6-17-5-8(2)13(11)16/h3-6,18H,14-15H2,1-2H3,(H2,16,17). The summed E-state index contributed by atoms with van der Waals surface area (Å²) < 4.78 is 0. The zero-order valence-corrected chi connectivity index (χ0v) is 10.5. The third-order valence-corrected chi connectivity index (χ3v) is 2.87. The van der Waals surface area contributed by atoms with Crippen LogP contribution in [0.3, 0.4) is 0 Å². The molecule has 1 heterocycles. The van der Waals surface area contributed by atoms with Gasteiger partial charge >= 0.3 is 0 Å². The molecular weight excluding hydrogens is 226 g/mol. The molecule has 0 spiro atoms. The van der Waals surface area contributed by atoms with Gasteiger partial charge < -0.3 is 22.5 Å². The van der Waals surface area contributed by atoms with Gasteiger partial charge in [-0.15, -0.1) is 0 Å². The summed E-state index contributed by atoms with van der Waals surface area (Å²) in [6.07, 6.45) is 3.38. The molecular formula is C13H17N5. The summed E-state index contributed by atoms with van der Waals surface area (Å²) in [5.41, 5.74) is 23.1. The van der Waals surface area contributed by atoms with E-state index in [9.17, 15) is 0 Å². The van der Waals surface area contributed by atoms with Gasteiger partial charge in [0.2, 0.25) is 0 Å². The van der Waals surface area contributed by atoms with Crippen molar-refractivity contribution in [3.05, 3.63) is 35.7 Å². The Morgan fingerprint density at radius 1 is 0.889 bits per heavy atom. The van der Waals surface area contributed by atoms with Crippen LogP contribution in [0.1, 0.15) is 11.1 Å². The van der Waals surface area contributed by atoms with Crippen LogP contribution in [0.15, 0.2) is 24.5 Å². The maximum absolute atomic E-state index is 6.01. The Hall–Kier alpha value is -2.43. The molecule has 0 fully saturated rings. The van der Waals surface area contributed by atoms with Crippen molar-refractivity contribution in [3.8, 4) is 0 Å². The predicted molar refractivity (Wildman–Crippen MR) is 76.7 cm³/mol. The minimum atomic E-state index is 0.656. The van der Waals surface area contributed by atoms with E-state index in [0.29, 0.717) is 17.1 Å². The molecule has 0 unspecified atom stereocenters. The fraction of sp³-hybridized carbons (Fsp3) is 0.154. The molecule has 1 aromatic carbocycles. The van der Waals surface area contributed by atoms with E-state index in [1.807, 2.05) is 19.9 Å². The van der Waals surface area contributed by atoms with E-state index in [1.54, 1.807) is 18.5 Å².